The van der Waals surface area contributed by atoms with Crippen LogP contribution in [0, 0.1) is 5.92 Å². The SMILES string of the molecule is C=CCCC(=O)C[C@H](C(=O)N[C@@H](N[C@@H](C)C=O)C(=O)N(CC=C)[C@@H](N[C@@H](C)C=O)C(=O)N[C@@H](N[C@@H](C)C=O)C(=O)C[C@@H](N[C@@H](C)C=O)C(=O)N[C@@H](N[C@@H](C=O)CCC(=O)O)C(=O)C[C@@H](N[C@@H](C)C=O)C(=O)OC)C(=O)[C@@H](N)CCC(=O)O. The Bertz CT molecular complexity index is 2300. The van der Waals surface area contributed by atoms with Gasteiger partial charge in [-0.1, -0.05) is 12.2 Å². The van der Waals surface area contributed by atoms with E-state index in [1.54, 1.807) is 0 Å². The largest absolute Gasteiger partial charge is 0.481 e. The first-order valence-electron chi connectivity index (χ1n) is 25.7. The number of esters is 1. The van der Waals surface area contributed by atoms with Crippen LogP contribution < -0.4 is 53.6 Å². The number of ketones is 4. The summed E-state index contributed by atoms with van der Waals surface area (Å²) in [6.45, 7) is 12.8. The van der Waals surface area contributed by atoms with E-state index in [0.717, 1.165) is 13.2 Å². The number of carboxylic acids is 2. The number of ether oxygens (including phenoxy) is 1. The van der Waals surface area contributed by atoms with Crippen LogP contribution in [-0.4, -0.2) is 210 Å². The molecule has 0 aliphatic rings. The normalized spacial score (nSPS) is 16.1. The van der Waals surface area contributed by atoms with Crippen LogP contribution in [0.4, 0.5) is 0 Å². The fraction of sp³-hybridized carbons (Fsp3) is 0.588. The van der Waals surface area contributed by atoms with Crippen LogP contribution in [0.15, 0.2) is 25.3 Å². The van der Waals surface area contributed by atoms with Crippen LogP contribution >= 0.6 is 0 Å². The number of carbonyl (C=O) groups is 17. The number of nitrogens with zero attached hydrogens (tertiary/aromatic N) is 1. The van der Waals surface area contributed by atoms with Crippen molar-refractivity contribution in [1.29, 1.82) is 0 Å². The third-order valence-corrected chi connectivity index (χ3v) is 11.7. The van der Waals surface area contributed by atoms with Gasteiger partial charge in [0.25, 0.3) is 11.8 Å². The van der Waals surface area contributed by atoms with Crippen LogP contribution in [-0.2, 0) is 86.2 Å². The summed E-state index contributed by atoms with van der Waals surface area (Å²) < 4.78 is 4.73. The van der Waals surface area contributed by atoms with E-state index in [4.69, 9.17) is 10.5 Å². The molecule has 0 saturated carbocycles. The van der Waals surface area contributed by atoms with E-state index in [-0.39, 0.29) is 19.1 Å². The minimum Gasteiger partial charge on any atom is -0.481 e. The molecule has 0 unspecified atom stereocenters. The Hall–Kier alpha value is -7.81. The summed E-state index contributed by atoms with van der Waals surface area (Å²) in [7, 11) is 0.975. The molecule has 0 bridgehead atoms. The van der Waals surface area contributed by atoms with Crippen molar-refractivity contribution in [2.45, 2.75) is 171 Å². The van der Waals surface area contributed by atoms with Crippen LogP contribution in [0.2, 0.25) is 0 Å². The molecule has 0 saturated heterocycles. The molecule has 456 valence electrons. The highest BCUT2D eigenvalue weighted by molar-refractivity contribution is 6.07. The summed E-state index contributed by atoms with van der Waals surface area (Å²) in [5.41, 5.74) is 5.97. The molecule has 0 fully saturated rings. The van der Waals surface area contributed by atoms with Crippen molar-refractivity contribution in [3.05, 3.63) is 25.3 Å². The van der Waals surface area contributed by atoms with Crippen molar-refractivity contribution in [2.75, 3.05) is 13.7 Å². The van der Waals surface area contributed by atoms with Gasteiger partial charge < -0.3 is 70.3 Å². The average Bonchev–Trinajstić information content (AvgIpc) is 3.46. The van der Waals surface area contributed by atoms with Crippen molar-refractivity contribution >= 4 is 102 Å². The number of methoxy groups -OCH3 is 1. The van der Waals surface area contributed by atoms with Gasteiger partial charge >= 0.3 is 17.9 Å². The first kappa shape index (κ1) is 74.2. The summed E-state index contributed by atoms with van der Waals surface area (Å²) in [6.07, 6.45) is -8.70. The third kappa shape index (κ3) is 27.6. The summed E-state index contributed by atoms with van der Waals surface area (Å²) in [4.78, 5) is 220. The maximum absolute atomic E-state index is 14.8. The molecule has 0 aliphatic carbocycles. The highest BCUT2D eigenvalue weighted by atomic mass is 16.5. The second-order valence-corrected chi connectivity index (χ2v) is 18.8. The molecule has 0 aliphatic heterocycles. The number of allylic oxidation sites excluding steroid dienone is 1. The molecule has 82 heavy (non-hydrogen) atoms. The predicted octanol–water partition coefficient (Wildman–Crippen LogP) is -5.31. The summed E-state index contributed by atoms with van der Waals surface area (Å²) in [6, 6.07) is -12.6. The molecule has 0 spiro atoms. The number of hydrogen-bond acceptors (Lipinski definition) is 25. The fourth-order valence-corrected chi connectivity index (χ4v) is 7.35. The minimum absolute atomic E-state index is 0.133. The zero-order chi connectivity index (χ0) is 62.8. The lowest BCUT2D eigenvalue weighted by Gasteiger charge is -2.36. The van der Waals surface area contributed by atoms with E-state index in [1.165, 1.54) is 40.7 Å². The maximum Gasteiger partial charge on any atom is 0.323 e. The van der Waals surface area contributed by atoms with Crippen molar-refractivity contribution in [3.63, 3.8) is 0 Å². The van der Waals surface area contributed by atoms with Gasteiger partial charge in [0.2, 0.25) is 11.8 Å². The smallest absolute Gasteiger partial charge is 0.323 e. The predicted molar refractivity (Wildman–Crippen MR) is 286 cm³/mol. The molecular formula is C51H77N11O20. The molecule has 14 atom stereocenters. The summed E-state index contributed by atoms with van der Waals surface area (Å²) in [5.74, 6) is -14.8. The number of amides is 4. The standard InChI is InChI=1S/C51H77N11O20/c1-9-11-12-33(69)18-34(42(76)35(52)14-16-41(74)75)47(77)61-45(56-30(6)24-66)50(80)62(17-10-2)46(57-31(7)25-67)49(79)60-43(55-29(5)23-65)38(70)19-36(53-27(3)21-63)48(78)59-44(58-32(26-68)13-15-40(72)73)39(71)20-37(51(81)82-8)54-28(4)22-64/h9-10,21-32,34-37,43-46,53-58H,1-2,11-20,52H2,3-8H3,(H,59,78)(H,60,79)(H,61,77)(H,72,73)(H,74,75)/t27-,28-,29-,30-,31-,32+,34-,35-,36+,37+,43+,44+,45+,46+/m0/s1. The van der Waals surface area contributed by atoms with Crippen LogP contribution in [0.3, 0.4) is 0 Å². The molecule has 0 aromatic heterocycles. The van der Waals surface area contributed by atoms with Gasteiger partial charge in [0.1, 0.15) is 67.8 Å². The molecule has 4 amide bonds. The number of carbonyl (C=O) groups excluding carboxylic acids is 15. The van der Waals surface area contributed by atoms with E-state index < -0.39 is 201 Å². The van der Waals surface area contributed by atoms with E-state index in [0.29, 0.717) is 36.3 Å². The number of Topliss-reactive ketones (excluding diaryl/α,β-unsaturated/α-hetero) is 4. The number of hydrogen-bond donors (Lipinski definition) is 12. The second-order valence-electron chi connectivity index (χ2n) is 18.8. The highest BCUT2D eigenvalue weighted by Crippen LogP contribution is 2.15. The Kier molecular flexibility index (Phi) is 35.8. The van der Waals surface area contributed by atoms with Crippen molar-refractivity contribution in [1.82, 2.24) is 52.8 Å². The van der Waals surface area contributed by atoms with Crippen LogP contribution in [0.25, 0.3) is 0 Å². The van der Waals surface area contributed by atoms with Crippen LogP contribution in [0.5, 0.6) is 0 Å². The Morgan fingerprint density at radius 2 is 0.988 bits per heavy atom. The highest BCUT2D eigenvalue weighted by Gasteiger charge is 2.41. The van der Waals surface area contributed by atoms with Gasteiger partial charge in [-0.15, -0.1) is 13.2 Å². The Morgan fingerprint density at radius 3 is 1.48 bits per heavy atom. The molecule has 0 aromatic rings. The van der Waals surface area contributed by atoms with E-state index in [9.17, 15) is 91.7 Å². The van der Waals surface area contributed by atoms with Crippen molar-refractivity contribution in [2.24, 2.45) is 11.7 Å². The van der Waals surface area contributed by atoms with Crippen molar-refractivity contribution < 1.29 is 96.5 Å². The number of aliphatic carboxylic acids is 2. The van der Waals surface area contributed by atoms with Gasteiger partial charge in [0.05, 0.1) is 55.4 Å². The number of carboxylic acid groups (broad SMARTS) is 2. The Labute approximate surface area is 472 Å². The number of aldehydes is 6. The zero-order valence-corrected chi connectivity index (χ0v) is 46.5. The lowest BCUT2D eigenvalue weighted by molar-refractivity contribution is -0.147. The fourth-order valence-electron chi connectivity index (χ4n) is 7.35. The molecule has 31 heteroatoms. The second kappa shape index (κ2) is 39.6. The number of nitrogens with one attached hydrogen (secondary N) is 9. The number of nitrogens with two attached hydrogens (primary N) is 1. The van der Waals surface area contributed by atoms with Gasteiger partial charge in [-0.2, -0.15) is 0 Å². The summed E-state index contributed by atoms with van der Waals surface area (Å²) in [5, 5.41) is 40.5. The Morgan fingerprint density at radius 1 is 0.537 bits per heavy atom. The molecule has 0 radical (unpaired) electrons. The molecule has 13 N–H and O–H groups in total. The zero-order valence-electron chi connectivity index (χ0n) is 46.5. The lowest BCUT2D eigenvalue weighted by Crippen LogP contribution is -2.68. The van der Waals surface area contributed by atoms with Gasteiger partial charge in [-0.05, 0) is 53.9 Å². The quantitative estimate of drug-likeness (QED) is 0.00890. The lowest BCUT2D eigenvalue weighted by atomic mass is 9.89. The minimum atomic E-state index is -2.08. The average molecular weight is 1160 g/mol. The number of rotatable bonds is 48. The first-order valence-corrected chi connectivity index (χ1v) is 25.7. The van der Waals surface area contributed by atoms with Crippen LogP contribution in [0.1, 0.15) is 92.4 Å². The Balaban J connectivity index is 7.68. The van der Waals surface area contributed by atoms with Gasteiger partial charge in [-0.25, -0.2) is 0 Å². The molecule has 31 nitrogen and oxygen atoms in total. The maximum atomic E-state index is 14.8. The molecule has 0 rings (SSSR count). The van der Waals surface area contributed by atoms with E-state index in [1.807, 2.05) is 0 Å². The molecular weight excluding hydrogens is 1090 g/mol. The molecule has 0 heterocycles. The van der Waals surface area contributed by atoms with E-state index in [2.05, 4.69) is 61.0 Å². The van der Waals surface area contributed by atoms with Gasteiger partial charge in [-0.3, -0.25) is 84.6 Å². The van der Waals surface area contributed by atoms with Gasteiger partial charge in [0.15, 0.2) is 29.7 Å². The topological polar surface area (TPSA) is 477 Å². The van der Waals surface area contributed by atoms with Gasteiger partial charge in [0, 0.05) is 45.1 Å². The molecule has 0 aromatic carbocycles. The van der Waals surface area contributed by atoms with Crippen molar-refractivity contribution in [3.8, 4) is 0 Å². The third-order valence-electron chi connectivity index (χ3n) is 11.7. The summed E-state index contributed by atoms with van der Waals surface area (Å²) >= 11 is 0. The van der Waals surface area contributed by atoms with E-state index >= 15 is 0 Å². The first-order chi connectivity index (χ1) is 38.6. The monoisotopic (exact) mass is 1160 g/mol.